The van der Waals surface area contributed by atoms with Crippen molar-refractivity contribution < 1.29 is 13.2 Å². The van der Waals surface area contributed by atoms with Gasteiger partial charge in [0.2, 0.25) is 5.91 Å². The van der Waals surface area contributed by atoms with Crippen molar-refractivity contribution in [3.63, 3.8) is 0 Å². The summed E-state index contributed by atoms with van der Waals surface area (Å²) in [6, 6.07) is 4.02. The van der Waals surface area contributed by atoms with E-state index in [2.05, 4.69) is 10.4 Å². The van der Waals surface area contributed by atoms with Gasteiger partial charge in [-0.1, -0.05) is 23.2 Å². The number of hydrogen-bond donors (Lipinski definition) is 2. The molecular weight excluding hydrogens is 369 g/mol. The van der Waals surface area contributed by atoms with Crippen molar-refractivity contribution >= 4 is 50.5 Å². The molecule has 1 aromatic carbocycles. The predicted molar refractivity (Wildman–Crippen MR) is 85.5 cm³/mol. The minimum Gasteiger partial charge on any atom is -0.277 e. The number of nitrogens with one attached hydrogen (secondary N) is 2. The van der Waals surface area contributed by atoms with Gasteiger partial charge in [-0.15, -0.1) is 16.2 Å². The van der Waals surface area contributed by atoms with E-state index < -0.39 is 15.9 Å². The number of thiazole rings is 1. The lowest BCUT2D eigenvalue weighted by molar-refractivity contribution is -0.120. The smallest absolute Gasteiger partial charge is 0.258 e. The number of sulfonamides is 1. The molecule has 2 N–H and O–H groups in total. The number of hydrogen-bond acceptors (Lipinski definition) is 5. The maximum atomic E-state index is 12.1. The molecule has 10 heteroatoms. The van der Waals surface area contributed by atoms with Crippen LogP contribution >= 0.6 is 34.5 Å². The van der Waals surface area contributed by atoms with Crippen LogP contribution in [-0.4, -0.2) is 19.3 Å². The fraction of sp³-hybridized carbons (Fsp3) is 0.167. The average Bonchev–Trinajstić information content (AvgIpc) is 2.84. The third-order valence-corrected chi connectivity index (χ3v) is 5.42. The largest absolute Gasteiger partial charge is 0.277 e. The van der Waals surface area contributed by atoms with E-state index in [0.29, 0.717) is 5.01 Å². The highest BCUT2D eigenvalue weighted by Gasteiger charge is 2.19. The first-order valence-corrected chi connectivity index (χ1v) is 9.06. The Kier molecular flexibility index (Phi) is 5.41. The van der Waals surface area contributed by atoms with Gasteiger partial charge in [0.05, 0.1) is 11.4 Å². The van der Waals surface area contributed by atoms with Gasteiger partial charge in [-0.3, -0.25) is 10.2 Å². The van der Waals surface area contributed by atoms with E-state index in [4.69, 9.17) is 23.2 Å². The van der Waals surface area contributed by atoms with Crippen molar-refractivity contribution in [3.8, 4) is 0 Å². The molecule has 22 heavy (non-hydrogen) atoms. The lowest BCUT2D eigenvalue weighted by Gasteiger charge is -2.09. The maximum absolute atomic E-state index is 12.1. The second-order valence-corrected chi connectivity index (χ2v) is 7.72. The van der Waals surface area contributed by atoms with Crippen LogP contribution in [0.4, 0.5) is 0 Å². The van der Waals surface area contributed by atoms with E-state index in [-0.39, 0.29) is 21.4 Å². The molecule has 0 aliphatic heterocycles. The van der Waals surface area contributed by atoms with Crippen LogP contribution in [0.15, 0.2) is 28.5 Å². The van der Waals surface area contributed by atoms with E-state index >= 15 is 0 Å². The van der Waals surface area contributed by atoms with Crippen molar-refractivity contribution in [3.05, 3.63) is 44.3 Å². The molecule has 0 bridgehead atoms. The predicted octanol–water partition coefficient (Wildman–Crippen LogP) is 2.31. The SMILES string of the molecule is Cc1csc(CC(=O)NNS(=O)(=O)c2cc(Cl)ccc2Cl)n1. The van der Waals surface area contributed by atoms with Gasteiger partial charge >= 0.3 is 0 Å². The third-order valence-electron chi connectivity index (χ3n) is 2.49. The van der Waals surface area contributed by atoms with E-state index in [1.165, 1.54) is 29.5 Å². The van der Waals surface area contributed by atoms with Crippen LogP contribution in [0.3, 0.4) is 0 Å². The van der Waals surface area contributed by atoms with Gasteiger partial charge in [-0.05, 0) is 25.1 Å². The first kappa shape index (κ1) is 17.2. The number of carbonyl (C=O) groups is 1. The number of aryl methyl sites for hydroxylation is 1. The van der Waals surface area contributed by atoms with Crippen molar-refractivity contribution in [1.82, 2.24) is 15.2 Å². The molecule has 0 saturated carbocycles. The average molecular weight is 380 g/mol. The Morgan fingerprint density at radius 1 is 1.36 bits per heavy atom. The molecule has 0 saturated heterocycles. The Labute approximate surface area is 141 Å². The minimum atomic E-state index is -4.01. The second-order valence-electron chi connectivity index (χ2n) is 4.29. The summed E-state index contributed by atoms with van der Waals surface area (Å²) in [5.41, 5.74) is 2.92. The normalized spacial score (nSPS) is 11.4. The fourth-order valence-corrected chi connectivity index (χ4v) is 3.92. The van der Waals surface area contributed by atoms with Gasteiger partial charge in [-0.25, -0.2) is 13.4 Å². The molecule has 0 fully saturated rings. The lowest BCUT2D eigenvalue weighted by atomic mass is 10.4. The summed E-state index contributed by atoms with van der Waals surface area (Å²) in [5, 5.41) is 2.62. The van der Waals surface area contributed by atoms with Crippen LogP contribution in [0, 0.1) is 6.92 Å². The minimum absolute atomic E-state index is 0.00157. The Morgan fingerprint density at radius 3 is 2.73 bits per heavy atom. The Balaban J connectivity index is 2.03. The van der Waals surface area contributed by atoms with Crippen molar-refractivity contribution in [2.75, 3.05) is 0 Å². The van der Waals surface area contributed by atoms with Gasteiger partial charge in [-0.2, -0.15) is 0 Å². The number of carbonyl (C=O) groups excluding carboxylic acids is 1. The molecule has 0 radical (unpaired) electrons. The molecule has 0 unspecified atom stereocenters. The number of nitrogens with zero attached hydrogens (tertiary/aromatic N) is 1. The zero-order valence-electron chi connectivity index (χ0n) is 11.3. The highest BCUT2D eigenvalue weighted by molar-refractivity contribution is 7.89. The van der Waals surface area contributed by atoms with Crippen LogP contribution in [-0.2, 0) is 21.2 Å². The number of aromatic nitrogens is 1. The summed E-state index contributed by atoms with van der Waals surface area (Å²) >= 11 is 12.9. The molecule has 2 rings (SSSR count). The molecule has 0 atom stereocenters. The van der Waals surface area contributed by atoms with Crippen LogP contribution in [0.1, 0.15) is 10.7 Å². The van der Waals surface area contributed by atoms with Crippen molar-refractivity contribution in [2.24, 2.45) is 0 Å². The highest BCUT2D eigenvalue weighted by atomic mass is 35.5. The zero-order valence-corrected chi connectivity index (χ0v) is 14.4. The number of benzene rings is 1. The summed E-state index contributed by atoms with van der Waals surface area (Å²) in [6.45, 7) is 1.81. The molecular formula is C12H11Cl2N3O3S2. The zero-order chi connectivity index (χ0) is 16.3. The summed E-state index contributed by atoms with van der Waals surface area (Å²) in [4.78, 5) is 17.6. The molecule has 2 aromatic rings. The second kappa shape index (κ2) is 6.93. The molecule has 1 heterocycles. The van der Waals surface area contributed by atoms with Gasteiger partial charge in [0, 0.05) is 16.1 Å². The lowest BCUT2D eigenvalue weighted by Crippen LogP contribution is -2.42. The van der Waals surface area contributed by atoms with Crippen molar-refractivity contribution in [2.45, 2.75) is 18.2 Å². The molecule has 0 spiro atoms. The van der Waals surface area contributed by atoms with Gasteiger partial charge in [0.15, 0.2) is 0 Å². The number of halogens is 2. The van der Waals surface area contributed by atoms with E-state index in [0.717, 1.165) is 5.69 Å². The summed E-state index contributed by atoms with van der Waals surface area (Å²) in [6.07, 6.45) is -0.0235. The Bertz CT molecular complexity index is 806. The number of rotatable bonds is 5. The first-order chi connectivity index (χ1) is 10.3. The molecule has 6 nitrogen and oxygen atoms in total. The van der Waals surface area contributed by atoms with Crippen LogP contribution in [0.2, 0.25) is 10.0 Å². The Morgan fingerprint density at radius 2 is 2.09 bits per heavy atom. The molecule has 1 amide bonds. The maximum Gasteiger partial charge on any atom is 0.258 e. The number of hydrazine groups is 1. The van der Waals surface area contributed by atoms with Crippen LogP contribution in [0.5, 0.6) is 0 Å². The van der Waals surface area contributed by atoms with E-state index in [9.17, 15) is 13.2 Å². The standard InChI is InChI=1S/C12H11Cl2N3O3S2/c1-7-6-21-12(15-7)5-11(18)16-17-22(19,20)10-4-8(13)2-3-9(10)14/h2-4,6,17H,5H2,1H3,(H,16,18). The summed E-state index contributed by atoms with van der Waals surface area (Å²) < 4.78 is 24.2. The highest BCUT2D eigenvalue weighted by Crippen LogP contribution is 2.24. The van der Waals surface area contributed by atoms with Crippen molar-refractivity contribution in [1.29, 1.82) is 0 Å². The van der Waals surface area contributed by atoms with E-state index in [1.54, 1.807) is 5.38 Å². The Hall–Kier alpha value is -1.19. The molecule has 0 aliphatic carbocycles. The molecule has 0 aliphatic rings. The van der Waals surface area contributed by atoms with E-state index in [1.807, 2.05) is 11.8 Å². The topological polar surface area (TPSA) is 88.2 Å². The monoisotopic (exact) mass is 379 g/mol. The van der Waals surface area contributed by atoms with Gasteiger partial charge < -0.3 is 0 Å². The first-order valence-electron chi connectivity index (χ1n) is 5.94. The van der Waals surface area contributed by atoms with Gasteiger partial charge in [0.1, 0.15) is 9.90 Å². The van der Waals surface area contributed by atoms with Crippen LogP contribution < -0.4 is 10.3 Å². The third kappa shape index (κ3) is 4.40. The molecule has 118 valence electrons. The van der Waals surface area contributed by atoms with Crippen LogP contribution in [0.25, 0.3) is 0 Å². The fourth-order valence-electron chi connectivity index (χ4n) is 1.53. The quantitative estimate of drug-likeness (QED) is 0.780. The summed E-state index contributed by atoms with van der Waals surface area (Å²) in [5.74, 6) is -0.531. The molecule has 1 aromatic heterocycles. The summed E-state index contributed by atoms with van der Waals surface area (Å²) in [7, 11) is -4.01. The van der Waals surface area contributed by atoms with Gasteiger partial charge in [0.25, 0.3) is 10.0 Å². The number of amides is 1.